The molecule has 0 aromatic carbocycles. The summed E-state index contributed by atoms with van der Waals surface area (Å²) in [4.78, 5) is 28.1. The van der Waals surface area contributed by atoms with E-state index in [1.807, 2.05) is 43.4 Å². The Labute approximate surface area is 197 Å². The van der Waals surface area contributed by atoms with Crippen LogP contribution in [0.2, 0.25) is 0 Å². The van der Waals surface area contributed by atoms with Gasteiger partial charge in [0.2, 0.25) is 11.9 Å². The number of pyridine rings is 1. The largest absolute Gasteiger partial charge is 0.496 e. The molecule has 0 saturated heterocycles. The summed E-state index contributed by atoms with van der Waals surface area (Å²) in [5.41, 5.74) is 11.3. The molecule has 0 saturated carbocycles. The van der Waals surface area contributed by atoms with Crippen LogP contribution in [0.15, 0.2) is 16.8 Å². The Hall–Kier alpha value is -3.14. The highest BCUT2D eigenvalue weighted by atomic mass is 32.2. The number of carbonyl (C=O) groups is 1. The van der Waals surface area contributed by atoms with Crippen molar-refractivity contribution in [2.75, 3.05) is 31.7 Å². The molecule has 3 aromatic rings. The minimum Gasteiger partial charge on any atom is -0.496 e. The number of anilines is 1. The average Bonchev–Trinajstić information content (AvgIpc) is 3.01. The summed E-state index contributed by atoms with van der Waals surface area (Å²) in [5, 5.41) is 6.48. The molecule has 33 heavy (non-hydrogen) atoms. The number of nitrogens with two attached hydrogens (primary N) is 1. The molecule has 4 heterocycles. The smallest absolute Gasteiger partial charge is 0.226 e. The fourth-order valence-electron chi connectivity index (χ4n) is 4.15. The number of carbonyl (C=O) groups excluding carboxylic acids is 1. The van der Waals surface area contributed by atoms with E-state index in [0.29, 0.717) is 37.5 Å². The standard InChI is InChI=1S/C23H29N7O2S/c1-6-29(7-2)18(31)9-15-8-16-19-21(26-23(24)27-22(19)33-12-15)30(28-16)11-17-14(4)20(32-5)13(3)10-25-17/h8,10H,6-7,9,11-12H2,1-5H3,(H2,24,26,27). The molecule has 0 atom stereocenters. The van der Waals surface area contributed by atoms with Crippen molar-refractivity contribution in [3.05, 3.63) is 34.3 Å². The van der Waals surface area contributed by atoms with E-state index in [-0.39, 0.29) is 11.9 Å². The second kappa shape index (κ2) is 9.38. The van der Waals surface area contributed by atoms with Crippen LogP contribution in [0.1, 0.15) is 42.8 Å². The Balaban J connectivity index is 1.76. The molecule has 0 aliphatic carbocycles. The van der Waals surface area contributed by atoms with Gasteiger partial charge in [-0.3, -0.25) is 9.78 Å². The number of rotatable bonds is 7. The van der Waals surface area contributed by atoms with Gasteiger partial charge in [-0.15, -0.1) is 11.8 Å². The van der Waals surface area contributed by atoms with Gasteiger partial charge in [-0.2, -0.15) is 10.1 Å². The summed E-state index contributed by atoms with van der Waals surface area (Å²) in [5.74, 6) is 1.79. The van der Waals surface area contributed by atoms with Gasteiger partial charge in [0, 0.05) is 42.6 Å². The topological polar surface area (TPSA) is 112 Å². The molecular formula is C23H29N7O2S. The molecule has 174 valence electrons. The van der Waals surface area contributed by atoms with Crippen molar-refractivity contribution >= 4 is 40.7 Å². The maximum atomic E-state index is 12.7. The van der Waals surface area contributed by atoms with E-state index >= 15 is 0 Å². The Morgan fingerprint density at radius 1 is 1.27 bits per heavy atom. The second-order valence-corrected chi connectivity index (χ2v) is 8.97. The number of ether oxygens (including phenoxy) is 1. The fraction of sp³-hybridized carbons (Fsp3) is 0.435. The Kier molecular flexibility index (Phi) is 6.55. The summed E-state index contributed by atoms with van der Waals surface area (Å²) >= 11 is 1.56. The lowest BCUT2D eigenvalue weighted by molar-refractivity contribution is -0.130. The molecule has 0 fully saturated rings. The zero-order valence-corrected chi connectivity index (χ0v) is 20.5. The number of methoxy groups -OCH3 is 1. The number of hydrogen-bond acceptors (Lipinski definition) is 8. The fourth-order valence-corrected chi connectivity index (χ4v) is 5.16. The van der Waals surface area contributed by atoms with Crippen molar-refractivity contribution in [1.29, 1.82) is 0 Å². The second-order valence-electron chi connectivity index (χ2n) is 8.01. The zero-order valence-electron chi connectivity index (χ0n) is 19.7. The highest BCUT2D eigenvalue weighted by Gasteiger charge is 2.23. The first kappa shape index (κ1) is 23.0. The molecule has 3 aromatic heterocycles. The average molecular weight is 468 g/mol. The number of thioether (sulfide) groups is 1. The molecule has 0 radical (unpaired) electrons. The third kappa shape index (κ3) is 4.39. The van der Waals surface area contributed by atoms with E-state index in [4.69, 9.17) is 15.6 Å². The van der Waals surface area contributed by atoms with Gasteiger partial charge >= 0.3 is 0 Å². The van der Waals surface area contributed by atoms with E-state index in [1.165, 1.54) is 0 Å². The third-order valence-electron chi connectivity index (χ3n) is 5.88. The summed E-state index contributed by atoms with van der Waals surface area (Å²) in [6.45, 7) is 9.76. The lowest BCUT2D eigenvalue weighted by atomic mass is 10.1. The van der Waals surface area contributed by atoms with Gasteiger partial charge in [-0.1, -0.05) is 0 Å². The molecule has 1 amide bonds. The van der Waals surface area contributed by atoms with Crippen LogP contribution in [0, 0.1) is 13.8 Å². The highest BCUT2D eigenvalue weighted by Crippen LogP contribution is 2.35. The van der Waals surface area contributed by atoms with Crippen LogP contribution in [0.25, 0.3) is 17.1 Å². The molecule has 9 nitrogen and oxygen atoms in total. The predicted octanol–water partition coefficient (Wildman–Crippen LogP) is 3.22. The van der Waals surface area contributed by atoms with Crippen molar-refractivity contribution in [3.8, 4) is 5.75 Å². The van der Waals surface area contributed by atoms with Gasteiger partial charge in [0.1, 0.15) is 10.8 Å². The van der Waals surface area contributed by atoms with Gasteiger partial charge in [-0.25, -0.2) is 9.67 Å². The number of nitrogen functional groups attached to an aromatic ring is 1. The highest BCUT2D eigenvalue weighted by molar-refractivity contribution is 7.99. The Morgan fingerprint density at radius 3 is 2.73 bits per heavy atom. The Morgan fingerprint density at radius 2 is 2.03 bits per heavy atom. The normalized spacial score (nSPS) is 13.1. The van der Waals surface area contributed by atoms with Crippen LogP contribution in [0.3, 0.4) is 0 Å². The SMILES string of the molecule is CCN(CC)C(=O)CC1=Cc2nn(Cc3ncc(C)c(OC)c3C)c3nc(N)nc(c23)SC1. The van der Waals surface area contributed by atoms with E-state index in [2.05, 4.69) is 15.0 Å². The zero-order chi connectivity index (χ0) is 23.7. The number of aryl methyl sites for hydroxylation is 1. The van der Waals surface area contributed by atoms with E-state index in [9.17, 15) is 4.79 Å². The molecule has 1 aliphatic rings. The van der Waals surface area contributed by atoms with Gasteiger partial charge in [-0.05, 0) is 39.3 Å². The molecule has 0 unspecified atom stereocenters. The minimum absolute atomic E-state index is 0.116. The molecule has 0 bridgehead atoms. The number of amides is 1. The van der Waals surface area contributed by atoms with Crippen molar-refractivity contribution in [2.24, 2.45) is 0 Å². The van der Waals surface area contributed by atoms with E-state index in [0.717, 1.165) is 44.2 Å². The molecule has 4 rings (SSSR count). The van der Waals surface area contributed by atoms with Crippen molar-refractivity contribution < 1.29 is 9.53 Å². The first-order valence-corrected chi connectivity index (χ1v) is 12.0. The first-order valence-electron chi connectivity index (χ1n) is 11.0. The van der Waals surface area contributed by atoms with E-state index in [1.54, 1.807) is 25.1 Å². The minimum atomic E-state index is 0.116. The van der Waals surface area contributed by atoms with Crippen molar-refractivity contribution in [1.82, 2.24) is 29.6 Å². The lowest BCUT2D eigenvalue weighted by Crippen LogP contribution is -2.30. The quantitative estimate of drug-likeness (QED) is 0.527. The van der Waals surface area contributed by atoms with Crippen molar-refractivity contribution in [2.45, 2.75) is 45.7 Å². The van der Waals surface area contributed by atoms with Crippen LogP contribution in [0.5, 0.6) is 5.75 Å². The van der Waals surface area contributed by atoms with Crippen LogP contribution in [-0.2, 0) is 11.3 Å². The maximum Gasteiger partial charge on any atom is 0.226 e. The molecule has 0 spiro atoms. The van der Waals surface area contributed by atoms with Gasteiger partial charge < -0.3 is 15.4 Å². The molecular weight excluding hydrogens is 438 g/mol. The van der Waals surface area contributed by atoms with Gasteiger partial charge in [0.25, 0.3) is 0 Å². The van der Waals surface area contributed by atoms with Crippen molar-refractivity contribution in [3.63, 3.8) is 0 Å². The number of aromatic nitrogens is 5. The van der Waals surface area contributed by atoms with Crippen LogP contribution in [0.4, 0.5) is 5.95 Å². The molecule has 1 aliphatic heterocycles. The Bertz CT molecular complexity index is 1250. The van der Waals surface area contributed by atoms with Crippen LogP contribution < -0.4 is 10.5 Å². The summed E-state index contributed by atoms with van der Waals surface area (Å²) in [7, 11) is 1.66. The summed E-state index contributed by atoms with van der Waals surface area (Å²) in [6.07, 6.45) is 4.16. The predicted molar refractivity (Wildman–Crippen MR) is 130 cm³/mol. The lowest BCUT2D eigenvalue weighted by Gasteiger charge is -2.19. The molecule has 2 N–H and O–H groups in total. The van der Waals surface area contributed by atoms with Crippen LogP contribution in [-0.4, -0.2) is 61.5 Å². The number of hydrogen-bond donors (Lipinski definition) is 1. The van der Waals surface area contributed by atoms with Gasteiger partial charge in [0.15, 0.2) is 5.65 Å². The maximum absolute atomic E-state index is 12.7. The third-order valence-corrected chi connectivity index (χ3v) is 6.97. The summed E-state index contributed by atoms with van der Waals surface area (Å²) in [6, 6.07) is 0. The number of nitrogens with zero attached hydrogens (tertiary/aromatic N) is 6. The monoisotopic (exact) mass is 467 g/mol. The van der Waals surface area contributed by atoms with Crippen LogP contribution >= 0.6 is 11.8 Å². The first-order chi connectivity index (χ1) is 15.9. The van der Waals surface area contributed by atoms with E-state index < -0.39 is 0 Å². The molecule has 10 heteroatoms. The summed E-state index contributed by atoms with van der Waals surface area (Å²) < 4.78 is 7.37. The van der Waals surface area contributed by atoms with Gasteiger partial charge in [0.05, 0.1) is 30.4 Å².